The second-order valence-corrected chi connectivity index (χ2v) is 4.45. The molecule has 0 spiro atoms. The molecule has 18 heavy (non-hydrogen) atoms. The summed E-state index contributed by atoms with van der Waals surface area (Å²) in [5.74, 6) is 0. The van der Waals surface area contributed by atoms with Crippen LogP contribution in [0.2, 0.25) is 0 Å². The van der Waals surface area contributed by atoms with Crippen LogP contribution in [0.1, 0.15) is 5.56 Å². The molecule has 0 aliphatic carbocycles. The first-order valence-electron chi connectivity index (χ1n) is 6.19. The van der Waals surface area contributed by atoms with Gasteiger partial charge in [0, 0.05) is 0 Å². The molecule has 0 aromatic heterocycles. The zero-order valence-electron chi connectivity index (χ0n) is 10.3. The van der Waals surface area contributed by atoms with Gasteiger partial charge in [-0.2, -0.15) is 0 Å². The molecule has 1 atom stereocenters. The average Bonchev–Trinajstić information content (AvgIpc) is 2.46. The number of benzene rings is 1. The summed E-state index contributed by atoms with van der Waals surface area (Å²) in [6.07, 6.45) is -0.301. The first kappa shape index (κ1) is 12.9. The van der Waals surface area contributed by atoms with Crippen LogP contribution in [0.4, 0.5) is 4.79 Å². The van der Waals surface area contributed by atoms with Crippen LogP contribution >= 0.6 is 0 Å². The maximum Gasteiger partial charge on any atom is 0.410 e. The number of nitrogens with two attached hydrogens (primary N) is 1. The molecule has 1 aromatic carbocycles. The monoisotopic (exact) mass is 251 g/mol. The normalized spacial score (nSPS) is 19.6. The molecule has 0 radical (unpaired) electrons. The van der Waals surface area contributed by atoms with Gasteiger partial charge in [0.15, 0.2) is 0 Å². The van der Waals surface area contributed by atoms with Crippen molar-refractivity contribution in [2.45, 2.75) is 12.6 Å². The topological polar surface area (TPSA) is 66.4 Å². The van der Waals surface area contributed by atoms with Crippen molar-refractivity contribution in [2.24, 2.45) is 0 Å². The third-order valence-electron chi connectivity index (χ3n) is 3.05. The Hall–Kier alpha value is -1.59. The molecule has 1 heterocycles. The largest absolute Gasteiger partial charge is 0.445 e. The minimum absolute atomic E-state index is 0.0722. The number of quaternary nitrogens is 1. The van der Waals surface area contributed by atoms with Gasteiger partial charge in [-0.05, 0) is 5.56 Å². The number of carbonyl (C=O) groups is 1. The van der Waals surface area contributed by atoms with Crippen LogP contribution in [-0.4, -0.2) is 48.4 Å². The van der Waals surface area contributed by atoms with Crippen LogP contribution in [0.3, 0.4) is 0 Å². The summed E-state index contributed by atoms with van der Waals surface area (Å²) in [6.45, 7) is 2.41. The van der Waals surface area contributed by atoms with E-state index < -0.39 is 0 Å². The molecular formula is C13H19N2O3+. The van der Waals surface area contributed by atoms with Crippen LogP contribution in [0.15, 0.2) is 30.3 Å². The van der Waals surface area contributed by atoms with Gasteiger partial charge in [-0.3, -0.25) is 4.90 Å². The van der Waals surface area contributed by atoms with E-state index in [1.54, 1.807) is 4.90 Å². The Morgan fingerprint density at radius 2 is 2.22 bits per heavy atom. The second-order valence-electron chi connectivity index (χ2n) is 4.45. The van der Waals surface area contributed by atoms with Gasteiger partial charge in [0.25, 0.3) is 0 Å². The van der Waals surface area contributed by atoms with Gasteiger partial charge in [0.1, 0.15) is 12.6 Å². The van der Waals surface area contributed by atoms with Crippen LogP contribution < -0.4 is 5.32 Å². The van der Waals surface area contributed by atoms with E-state index >= 15 is 0 Å². The van der Waals surface area contributed by atoms with E-state index in [9.17, 15) is 4.79 Å². The molecule has 1 saturated heterocycles. The number of ether oxygens (including phenoxy) is 1. The first-order chi connectivity index (χ1) is 8.79. The van der Waals surface area contributed by atoms with Crippen molar-refractivity contribution in [2.75, 3.05) is 26.2 Å². The number of hydrogen-bond acceptors (Lipinski definition) is 3. The van der Waals surface area contributed by atoms with Crippen molar-refractivity contribution in [1.82, 2.24) is 4.90 Å². The molecule has 3 N–H and O–H groups in total. The van der Waals surface area contributed by atoms with Crippen molar-refractivity contribution < 1.29 is 20.0 Å². The molecule has 2 rings (SSSR count). The lowest BCUT2D eigenvalue weighted by molar-refractivity contribution is -0.698. The fourth-order valence-corrected chi connectivity index (χ4v) is 2.02. The molecular weight excluding hydrogens is 232 g/mol. The summed E-state index contributed by atoms with van der Waals surface area (Å²) >= 11 is 0. The molecule has 1 amide bonds. The number of piperazine rings is 1. The van der Waals surface area contributed by atoms with E-state index in [1.807, 2.05) is 30.3 Å². The number of nitrogens with zero attached hydrogens (tertiary/aromatic N) is 1. The Morgan fingerprint density at radius 1 is 1.44 bits per heavy atom. The standard InChI is InChI=1S/C13H18N2O3/c16-9-12-8-15(7-6-14-12)13(17)18-10-11-4-2-1-3-5-11/h1-5,12,14,16H,6-10H2/p+1/t12-/m1/s1. The van der Waals surface area contributed by atoms with Gasteiger partial charge >= 0.3 is 6.09 Å². The maximum atomic E-state index is 11.8. The van der Waals surface area contributed by atoms with Crippen molar-refractivity contribution >= 4 is 6.09 Å². The number of carbonyl (C=O) groups excluding carboxylic acids is 1. The lowest BCUT2D eigenvalue weighted by Gasteiger charge is -2.29. The van der Waals surface area contributed by atoms with E-state index in [4.69, 9.17) is 9.84 Å². The van der Waals surface area contributed by atoms with E-state index in [2.05, 4.69) is 5.32 Å². The van der Waals surface area contributed by atoms with Crippen molar-refractivity contribution in [3.8, 4) is 0 Å². The minimum Gasteiger partial charge on any atom is -0.445 e. The Kier molecular flexibility index (Phi) is 4.55. The highest BCUT2D eigenvalue weighted by atomic mass is 16.6. The van der Waals surface area contributed by atoms with Gasteiger partial charge in [-0.1, -0.05) is 30.3 Å². The summed E-state index contributed by atoms with van der Waals surface area (Å²) in [7, 11) is 0. The van der Waals surface area contributed by atoms with E-state index in [-0.39, 0.29) is 18.7 Å². The summed E-state index contributed by atoms with van der Waals surface area (Å²) < 4.78 is 5.25. The fourth-order valence-electron chi connectivity index (χ4n) is 2.02. The van der Waals surface area contributed by atoms with Gasteiger partial charge in [0.2, 0.25) is 0 Å². The zero-order valence-corrected chi connectivity index (χ0v) is 10.3. The Morgan fingerprint density at radius 3 is 2.94 bits per heavy atom. The molecule has 1 aliphatic rings. The predicted octanol–water partition coefficient (Wildman–Crippen LogP) is -0.437. The number of amides is 1. The molecule has 1 fully saturated rings. The van der Waals surface area contributed by atoms with Crippen molar-refractivity contribution in [3.05, 3.63) is 35.9 Å². The van der Waals surface area contributed by atoms with Gasteiger partial charge in [0.05, 0.1) is 26.2 Å². The van der Waals surface area contributed by atoms with Crippen LogP contribution in [0.5, 0.6) is 0 Å². The molecule has 0 bridgehead atoms. The van der Waals surface area contributed by atoms with Crippen molar-refractivity contribution in [1.29, 1.82) is 0 Å². The maximum absolute atomic E-state index is 11.8. The van der Waals surface area contributed by atoms with E-state index in [0.717, 1.165) is 12.1 Å². The molecule has 5 nitrogen and oxygen atoms in total. The summed E-state index contributed by atoms with van der Waals surface area (Å²) in [5, 5.41) is 11.1. The van der Waals surface area contributed by atoms with Gasteiger partial charge in [-0.15, -0.1) is 0 Å². The molecule has 0 unspecified atom stereocenters. The number of aliphatic hydroxyl groups excluding tert-OH is 1. The Balaban J connectivity index is 1.81. The minimum atomic E-state index is -0.301. The predicted molar refractivity (Wildman–Crippen MR) is 65.9 cm³/mol. The summed E-state index contributed by atoms with van der Waals surface area (Å²) in [6, 6.07) is 9.68. The molecule has 1 aromatic rings. The first-order valence-corrected chi connectivity index (χ1v) is 6.19. The Labute approximate surface area is 106 Å². The van der Waals surface area contributed by atoms with Crippen LogP contribution in [0.25, 0.3) is 0 Å². The highest BCUT2D eigenvalue weighted by Crippen LogP contribution is 2.04. The fraction of sp³-hybridized carbons (Fsp3) is 0.462. The summed E-state index contributed by atoms with van der Waals surface area (Å²) in [5.41, 5.74) is 0.980. The average molecular weight is 251 g/mol. The number of hydrogen-bond donors (Lipinski definition) is 2. The molecule has 98 valence electrons. The van der Waals surface area contributed by atoms with Crippen LogP contribution in [-0.2, 0) is 11.3 Å². The third-order valence-corrected chi connectivity index (χ3v) is 3.05. The quantitative estimate of drug-likeness (QED) is 0.765. The van der Waals surface area contributed by atoms with Gasteiger partial charge in [-0.25, -0.2) is 4.79 Å². The Bertz CT molecular complexity index is 383. The summed E-state index contributed by atoms with van der Waals surface area (Å²) in [4.78, 5) is 13.5. The second kappa shape index (κ2) is 6.37. The SMILES string of the molecule is O=C(OCc1ccccc1)N1CC[NH2+][C@@H](CO)C1. The number of rotatable bonds is 3. The molecule has 5 heteroatoms. The van der Waals surface area contributed by atoms with Gasteiger partial charge < -0.3 is 15.2 Å². The number of aliphatic hydroxyl groups is 1. The smallest absolute Gasteiger partial charge is 0.410 e. The van der Waals surface area contributed by atoms with E-state index in [0.29, 0.717) is 19.7 Å². The zero-order chi connectivity index (χ0) is 12.8. The third kappa shape index (κ3) is 3.45. The van der Waals surface area contributed by atoms with Crippen LogP contribution in [0, 0.1) is 0 Å². The van der Waals surface area contributed by atoms with Crippen molar-refractivity contribution in [3.63, 3.8) is 0 Å². The lowest BCUT2D eigenvalue weighted by atomic mass is 10.2. The van der Waals surface area contributed by atoms with E-state index in [1.165, 1.54) is 0 Å². The lowest BCUT2D eigenvalue weighted by Crippen LogP contribution is -2.96. The molecule has 1 aliphatic heterocycles. The highest BCUT2D eigenvalue weighted by molar-refractivity contribution is 5.67. The highest BCUT2D eigenvalue weighted by Gasteiger charge is 2.26. The molecule has 0 saturated carbocycles.